The van der Waals surface area contributed by atoms with E-state index in [9.17, 15) is 0 Å². The van der Waals surface area contributed by atoms with Crippen LogP contribution < -0.4 is 0 Å². The second kappa shape index (κ2) is 11.9. The van der Waals surface area contributed by atoms with Gasteiger partial charge in [-0.2, -0.15) is 0 Å². The van der Waals surface area contributed by atoms with E-state index in [0.29, 0.717) is 0 Å². The number of aliphatic imine (C=N–C) groups is 1. The quantitative estimate of drug-likeness (QED) is 0.161. The maximum Gasteiger partial charge on any atom is 0.118 e. The van der Waals surface area contributed by atoms with Gasteiger partial charge in [-0.3, -0.25) is 4.57 Å². The van der Waals surface area contributed by atoms with Crippen LogP contribution in [0.25, 0.3) is 92.6 Å². The molecule has 2 atom stereocenters. The number of nitrogens with zero attached hydrogens (tertiary/aromatic N) is 3. The van der Waals surface area contributed by atoms with E-state index in [1.165, 1.54) is 104 Å². The van der Waals surface area contributed by atoms with E-state index in [-0.39, 0.29) is 11.8 Å². The van der Waals surface area contributed by atoms with E-state index in [2.05, 4.69) is 198 Å². The van der Waals surface area contributed by atoms with Crippen LogP contribution in [0.15, 0.2) is 187 Å². The molecule has 4 heterocycles. The van der Waals surface area contributed by atoms with E-state index in [0.717, 1.165) is 17.9 Å². The molecule has 0 saturated carbocycles. The van der Waals surface area contributed by atoms with Crippen LogP contribution in [0.1, 0.15) is 30.4 Å². The number of para-hydroxylation sites is 3. The van der Waals surface area contributed by atoms with Crippen LogP contribution in [-0.4, -0.2) is 14.8 Å². The zero-order valence-electron chi connectivity index (χ0n) is 32.0. The lowest BCUT2D eigenvalue weighted by Gasteiger charge is -2.34. The summed E-state index contributed by atoms with van der Waals surface area (Å²) in [7, 11) is 0. The summed E-state index contributed by atoms with van der Waals surface area (Å²) in [6, 6.07) is 67.6. The molecule has 0 fully saturated rings. The lowest BCUT2D eigenvalue weighted by atomic mass is 9.75. The van der Waals surface area contributed by atoms with Crippen LogP contribution in [0.2, 0.25) is 0 Å². The Kier molecular flexibility index (Phi) is 6.54. The monoisotopic (exact) mass is 739 g/mol. The summed E-state index contributed by atoms with van der Waals surface area (Å²) in [4.78, 5) is 5.73. The molecule has 3 aromatic heterocycles. The van der Waals surface area contributed by atoms with Crippen molar-refractivity contribution in [3.63, 3.8) is 0 Å². The molecule has 9 aromatic carbocycles. The first-order valence-corrected chi connectivity index (χ1v) is 20.5. The SMILES string of the molecule is CCC1C(n2c3ccc(-c4ccccc4)cc3c3c4c5ccccc5n5c6ccccc6c(cc32)c45)=Nc2ccccc2C1c1ccc2ccc3ccccc3c2c1. The lowest BCUT2D eigenvalue weighted by molar-refractivity contribution is 0.566. The maximum absolute atomic E-state index is 5.73. The lowest BCUT2D eigenvalue weighted by Crippen LogP contribution is -2.31. The van der Waals surface area contributed by atoms with Gasteiger partial charge in [-0.1, -0.05) is 146 Å². The van der Waals surface area contributed by atoms with E-state index in [1.807, 2.05) is 0 Å². The summed E-state index contributed by atoms with van der Waals surface area (Å²) in [6.07, 6.45) is 0.936. The van der Waals surface area contributed by atoms with Crippen LogP contribution in [0.4, 0.5) is 5.69 Å². The number of fused-ring (bicyclic) bond motifs is 14. The Morgan fingerprint density at radius 3 is 2.00 bits per heavy atom. The molecule has 3 heteroatoms. The zero-order valence-corrected chi connectivity index (χ0v) is 32.0. The summed E-state index contributed by atoms with van der Waals surface area (Å²) in [6.45, 7) is 2.35. The van der Waals surface area contributed by atoms with Crippen molar-refractivity contribution in [2.45, 2.75) is 19.3 Å². The van der Waals surface area contributed by atoms with Crippen molar-refractivity contribution >= 4 is 93.0 Å². The summed E-state index contributed by atoms with van der Waals surface area (Å²) >= 11 is 0. The predicted molar refractivity (Wildman–Crippen MR) is 246 cm³/mol. The third-order valence-electron chi connectivity index (χ3n) is 13.2. The fraction of sp³-hybridized carbons (Fsp3) is 0.0727. The normalized spacial score (nSPS) is 15.8. The Labute approximate surface area is 335 Å². The minimum absolute atomic E-state index is 0.118. The number of rotatable bonds is 3. The predicted octanol–water partition coefficient (Wildman–Crippen LogP) is 14.7. The van der Waals surface area contributed by atoms with Gasteiger partial charge in [0.15, 0.2) is 0 Å². The Balaban J connectivity index is 1.16. The summed E-state index contributed by atoms with van der Waals surface area (Å²) in [5, 5.41) is 12.9. The first kappa shape index (κ1) is 31.9. The molecular weight excluding hydrogens is 703 g/mol. The van der Waals surface area contributed by atoms with Crippen LogP contribution in [0.5, 0.6) is 0 Å². The van der Waals surface area contributed by atoms with Gasteiger partial charge >= 0.3 is 0 Å². The van der Waals surface area contributed by atoms with Crippen molar-refractivity contribution in [1.29, 1.82) is 0 Å². The Bertz CT molecular complexity index is 3680. The van der Waals surface area contributed by atoms with Crippen molar-refractivity contribution in [2.75, 3.05) is 0 Å². The summed E-state index contributed by atoms with van der Waals surface area (Å²) < 4.78 is 5.05. The number of hydrogen-bond acceptors (Lipinski definition) is 1. The van der Waals surface area contributed by atoms with Gasteiger partial charge in [0.1, 0.15) is 5.84 Å². The number of benzene rings is 9. The van der Waals surface area contributed by atoms with Crippen molar-refractivity contribution in [1.82, 2.24) is 8.97 Å². The Hall–Kier alpha value is -7.23. The van der Waals surface area contributed by atoms with Crippen LogP contribution in [-0.2, 0) is 0 Å². The highest BCUT2D eigenvalue weighted by Gasteiger charge is 2.36. The Morgan fingerprint density at radius 1 is 0.466 bits per heavy atom. The van der Waals surface area contributed by atoms with E-state index >= 15 is 0 Å². The minimum Gasteiger partial charge on any atom is -0.308 e. The van der Waals surface area contributed by atoms with Gasteiger partial charge in [0.2, 0.25) is 0 Å². The highest BCUT2D eigenvalue weighted by molar-refractivity contribution is 6.36. The van der Waals surface area contributed by atoms with Gasteiger partial charge in [-0.15, -0.1) is 0 Å². The molecule has 0 spiro atoms. The van der Waals surface area contributed by atoms with E-state index in [1.54, 1.807) is 0 Å². The van der Waals surface area contributed by atoms with Gasteiger partial charge in [-0.05, 0) is 92.7 Å². The number of hydrogen-bond donors (Lipinski definition) is 0. The molecule has 272 valence electrons. The molecule has 0 N–H and O–H groups in total. The highest BCUT2D eigenvalue weighted by atomic mass is 15.1. The third kappa shape index (κ3) is 4.25. The summed E-state index contributed by atoms with van der Waals surface area (Å²) in [5.74, 6) is 1.35. The first-order valence-electron chi connectivity index (χ1n) is 20.5. The largest absolute Gasteiger partial charge is 0.308 e. The van der Waals surface area contributed by atoms with E-state index < -0.39 is 0 Å². The van der Waals surface area contributed by atoms with E-state index in [4.69, 9.17) is 4.99 Å². The fourth-order valence-electron chi connectivity index (χ4n) is 10.8. The summed E-state index contributed by atoms with van der Waals surface area (Å²) in [5.41, 5.74) is 12.3. The van der Waals surface area contributed by atoms with Crippen molar-refractivity contribution < 1.29 is 0 Å². The molecule has 0 radical (unpaired) electrons. The molecule has 0 amide bonds. The molecule has 0 aliphatic carbocycles. The Morgan fingerprint density at radius 2 is 1.16 bits per heavy atom. The van der Waals surface area contributed by atoms with Crippen LogP contribution in [0.3, 0.4) is 0 Å². The second-order valence-corrected chi connectivity index (χ2v) is 16.1. The van der Waals surface area contributed by atoms with Crippen molar-refractivity contribution in [3.05, 3.63) is 193 Å². The highest BCUT2D eigenvalue weighted by Crippen LogP contribution is 2.50. The van der Waals surface area contributed by atoms with Crippen molar-refractivity contribution in [3.8, 4) is 11.1 Å². The topological polar surface area (TPSA) is 21.7 Å². The van der Waals surface area contributed by atoms with Gasteiger partial charge in [0, 0.05) is 44.2 Å². The van der Waals surface area contributed by atoms with Crippen molar-refractivity contribution in [2.24, 2.45) is 10.9 Å². The smallest absolute Gasteiger partial charge is 0.118 e. The number of aromatic nitrogens is 2. The third-order valence-corrected chi connectivity index (χ3v) is 13.2. The molecule has 13 rings (SSSR count). The second-order valence-electron chi connectivity index (χ2n) is 16.1. The molecule has 0 bridgehead atoms. The molecular formula is C55H37N3. The van der Waals surface area contributed by atoms with Crippen LogP contribution in [0, 0.1) is 5.92 Å². The molecule has 3 nitrogen and oxygen atoms in total. The fourth-order valence-corrected chi connectivity index (χ4v) is 10.8. The molecule has 1 aliphatic rings. The standard InChI is InChI=1S/C55H37N3/c1-2-38-51(37-27-26-35-25-24-34-16-6-7-17-39(34)43(35)31-37)41-19-8-11-21-46(41)56-55(38)58-49-29-28-36(33-14-4-3-5-15-33)30-45(49)52-50(58)32-44-40-18-9-12-22-47(40)57-48-23-13-10-20-42(48)53(52)54(44)57/h3-32,38,51H,2H2,1H3. The molecule has 1 aliphatic heterocycles. The van der Waals surface area contributed by atoms with Crippen LogP contribution >= 0.6 is 0 Å². The molecule has 0 saturated heterocycles. The van der Waals surface area contributed by atoms with Gasteiger partial charge < -0.3 is 4.40 Å². The van der Waals surface area contributed by atoms with Gasteiger partial charge in [-0.25, -0.2) is 4.99 Å². The average Bonchev–Trinajstić information content (AvgIpc) is 3.92. The van der Waals surface area contributed by atoms with Gasteiger partial charge in [0.05, 0.1) is 33.3 Å². The average molecular weight is 740 g/mol. The zero-order chi connectivity index (χ0) is 38.1. The van der Waals surface area contributed by atoms with Gasteiger partial charge in [0.25, 0.3) is 0 Å². The maximum atomic E-state index is 5.73. The minimum atomic E-state index is 0.118. The molecule has 58 heavy (non-hydrogen) atoms. The first-order chi connectivity index (χ1) is 28.7. The molecule has 12 aromatic rings. The molecule has 2 unspecified atom stereocenters.